The van der Waals surface area contributed by atoms with Gasteiger partial charge < -0.3 is 9.84 Å². The van der Waals surface area contributed by atoms with Crippen LogP contribution in [0.1, 0.15) is 31.4 Å². The van der Waals surface area contributed by atoms with Crippen molar-refractivity contribution in [2.24, 2.45) is 0 Å². The predicted molar refractivity (Wildman–Crippen MR) is 95.7 cm³/mol. The molecule has 3 rings (SSSR count). The van der Waals surface area contributed by atoms with Crippen molar-refractivity contribution in [1.29, 1.82) is 0 Å². The Labute approximate surface area is 158 Å². The van der Waals surface area contributed by atoms with E-state index in [2.05, 4.69) is 9.72 Å². The number of nitrogens with zero attached hydrogens (tertiary/aromatic N) is 3. The van der Waals surface area contributed by atoms with Gasteiger partial charge in [0, 0.05) is 12.4 Å². The minimum Gasteiger partial charge on any atom is -0.493 e. The highest BCUT2D eigenvalue weighted by atomic mass is 19.4. The van der Waals surface area contributed by atoms with Crippen molar-refractivity contribution < 1.29 is 23.0 Å². The number of imidazole rings is 1. The Morgan fingerprint density at radius 3 is 2.36 bits per heavy atom. The number of hydrogen-bond acceptors (Lipinski definition) is 4. The molecule has 28 heavy (non-hydrogen) atoms. The van der Waals surface area contributed by atoms with E-state index in [0.717, 1.165) is 28.7 Å². The van der Waals surface area contributed by atoms with Gasteiger partial charge in [0.2, 0.25) is 5.88 Å². The van der Waals surface area contributed by atoms with Crippen LogP contribution in [0.2, 0.25) is 0 Å². The summed E-state index contributed by atoms with van der Waals surface area (Å²) in [6.45, 7) is 1.98. The summed E-state index contributed by atoms with van der Waals surface area (Å²) in [7, 11) is 0. The number of aromatic nitrogens is 3. The molecule has 0 bridgehead atoms. The van der Waals surface area contributed by atoms with Crippen molar-refractivity contribution in [2.75, 3.05) is 0 Å². The molecule has 9 heteroatoms. The zero-order valence-corrected chi connectivity index (χ0v) is 14.9. The highest BCUT2D eigenvalue weighted by Crippen LogP contribution is 2.27. The van der Waals surface area contributed by atoms with Gasteiger partial charge in [0.1, 0.15) is 5.75 Å². The van der Waals surface area contributed by atoms with Crippen molar-refractivity contribution in [3.05, 3.63) is 71.0 Å². The van der Waals surface area contributed by atoms with Crippen LogP contribution in [0, 0.1) is 0 Å². The van der Waals surface area contributed by atoms with E-state index in [-0.39, 0.29) is 17.6 Å². The molecule has 6 nitrogen and oxygen atoms in total. The molecule has 0 saturated carbocycles. The summed E-state index contributed by atoms with van der Waals surface area (Å²) in [5.41, 5.74) is 0.586. The van der Waals surface area contributed by atoms with Crippen LogP contribution >= 0.6 is 0 Å². The van der Waals surface area contributed by atoms with Gasteiger partial charge in [0.15, 0.2) is 0 Å². The molecule has 2 heterocycles. The van der Waals surface area contributed by atoms with Gasteiger partial charge in [-0.2, -0.15) is 0 Å². The summed E-state index contributed by atoms with van der Waals surface area (Å²) in [4.78, 5) is 16.9. The Morgan fingerprint density at radius 1 is 1.14 bits per heavy atom. The Kier molecular flexibility index (Phi) is 5.43. The first-order chi connectivity index (χ1) is 13.3. The van der Waals surface area contributed by atoms with E-state index in [9.17, 15) is 23.1 Å². The smallest absolute Gasteiger partial charge is 0.493 e. The molecule has 1 aromatic carbocycles. The third-order valence-corrected chi connectivity index (χ3v) is 4.21. The first-order valence-electron chi connectivity index (χ1n) is 8.59. The van der Waals surface area contributed by atoms with Crippen molar-refractivity contribution in [2.45, 2.75) is 32.2 Å². The molecule has 0 spiro atoms. The average molecular weight is 393 g/mol. The predicted octanol–water partition coefficient (Wildman–Crippen LogP) is 4.03. The van der Waals surface area contributed by atoms with Crippen LogP contribution in [0.5, 0.6) is 11.6 Å². The highest BCUT2D eigenvalue weighted by Gasteiger charge is 2.31. The zero-order chi connectivity index (χ0) is 20.3. The first kappa shape index (κ1) is 19.5. The molecule has 0 fully saturated rings. The topological polar surface area (TPSA) is 69.3 Å². The van der Waals surface area contributed by atoms with Gasteiger partial charge in [-0.05, 0) is 48.4 Å². The molecular formula is C19H18F3N3O3. The van der Waals surface area contributed by atoms with E-state index >= 15 is 0 Å². The van der Waals surface area contributed by atoms with Crippen LogP contribution < -0.4 is 10.4 Å². The SMILES string of the molecule is CCCC(c1ccncc1)n1cc(O)n(-c2ccc(OC(F)(F)F)cc2)c1=O. The molecule has 0 aliphatic heterocycles. The van der Waals surface area contributed by atoms with Crippen LogP contribution in [-0.2, 0) is 0 Å². The maximum absolute atomic E-state index is 12.9. The molecule has 1 unspecified atom stereocenters. The quantitative estimate of drug-likeness (QED) is 0.687. The van der Waals surface area contributed by atoms with Crippen LogP contribution in [0.4, 0.5) is 13.2 Å². The second-order valence-electron chi connectivity index (χ2n) is 6.14. The zero-order valence-electron chi connectivity index (χ0n) is 14.9. The Balaban J connectivity index is 1.99. The number of aromatic hydroxyl groups is 1. The lowest BCUT2D eigenvalue weighted by molar-refractivity contribution is -0.274. The molecule has 3 aromatic rings. The summed E-state index contributed by atoms with van der Waals surface area (Å²) in [5, 5.41) is 10.3. The van der Waals surface area contributed by atoms with Crippen LogP contribution in [0.3, 0.4) is 0 Å². The number of benzene rings is 1. The van der Waals surface area contributed by atoms with Gasteiger partial charge in [-0.25, -0.2) is 9.36 Å². The number of pyridine rings is 1. The monoisotopic (exact) mass is 393 g/mol. The second-order valence-corrected chi connectivity index (χ2v) is 6.14. The van der Waals surface area contributed by atoms with Gasteiger partial charge >= 0.3 is 12.1 Å². The maximum Gasteiger partial charge on any atom is 0.573 e. The first-order valence-corrected chi connectivity index (χ1v) is 8.59. The van der Waals surface area contributed by atoms with Crippen LogP contribution in [0.25, 0.3) is 5.69 Å². The molecule has 148 valence electrons. The standard InChI is InChI=1S/C19H18F3N3O3/c1-2-3-16(13-8-10-23-11-9-13)24-12-17(26)25(18(24)27)14-4-6-15(7-5-14)28-19(20,21)22/h4-12,16,26H,2-3H2,1H3. The largest absolute Gasteiger partial charge is 0.573 e. The summed E-state index contributed by atoms with van der Waals surface area (Å²) in [5.74, 6) is -0.728. The number of rotatable bonds is 6. The fourth-order valence-electron chi connectivity index (χ4n) is 3.04. The van der Waals surface area contributed by atoms with Gasteiger partial charge in [-0.1, -0.05) is 13.3 Å². The third-order valence-electron chi connectivity index (χ3n) is 4.21. The van der Waals surface area contributed by atoms with Crippen LogP contribution in [-0.4, -0.2) is 25.6 Å². The molecule has 2 aromatic heterocycles. The number of ether oxygens (including phenoxy) is 1. The van der Waals surface area contributed by atoms with Gasteiger partial charge in [-0.15, -0.1) is 13.2 Å². The summed E-state index contributed by atoms with van der Waals surface area (Å²) in [6, 6.07) is 7.99. The van der Waals surface area contributed by atoms with Crippen molar-refractivity contribution in [1.82, 2.24) is 14.1 Å². The minimum atomic E-state index is -4.80. The molecular weight excluding hydrogens is 375 g/mol. The third kappa shape index (κ3) is 4.19. The molecule has 0 radical (unpaired) electrons. The van der Waals surface area contributed by atoms with E-state index in [1.807, 2.05) is 6.92 Å². The van der Waals surface area contributed by atoms with Crippen molar-refractivity contribution in [3.63, 3.8) is 0 Å². The average Bonchev–Trinajstić information content (AvgIpc) is 2.94. The number of halogens is 3. The molecule has 0 aliphatic rings. The Bertz CT molecular complexity index is 980. The lowest BCUT2D eigenvalue weighted by Gasteiger charge is -2.17. The number of alkyl halides is 3. The fraction of sp³-hybridized carbons (Fsp3) is 0.263. The minimum absolute atomic E-state index is 0.223. The lowest BCUT2D eigenvalue weighted by atomic mass is 10.0. The Hall–Kier alpha value is -3.23. The Morgan fingerprint density at radius 2 is 1.79 bits per heavy atom. The normalized spacial score (nSPS) is 12.7. The summed E-state index contributed by atoms with van der Waals surface area (Å²) < 4.78 is 43.1. The van der Waals surface area contributed by atoms with Gasteiger partial charge in [0.25, 0.3) is 0 Å². The van der Waals surface area contributed by atoms with Crippen molar-refractivity contribution >= 4 is 0 Å². The summed E-state index contributed by atoms with van der Waals surface area (Å²) >= 11 is 0. The van der Waals surface area contributed by atoms with Crippen molar-refractivity contribution in [3.8, 4) is 17.3 Å². The maximum atomic E-state index is 12.9. The summed E-state index contributed by atoms with van der Waals surface area (Å²) in [6.07, 6.45) is 1.23. The second kappa shape index (κ2) is 7.79. The fourth-order valence-corrected chi connectivity index (χ4v) is 3.04. The molecule has 0 saturated heterocycles. The molecule has 0 amide bonds. The van der Waals surface area contributed by atoms with E-state index in [0.29, 0.717) is 6.42 Å². The lowest BCUT2D eigenvalue weighted by Crippen LogP contribution is -2.27. The van der Waals surface area contributed by atoms with E-state index in [1.54, 1.807) is 24.5 Å². The molecule has 1 N–H and O–H groups in total. The molecule has 0 aliphatic carbocycles. The highest BCUT2D eigenvalue weighted by molar-refractivity contribution is 5.40. The number of hydrogen-bond donors (Lipinski definition) is 1. The van der Waals surface area contributed by atoms with Gasteiger partial charge in [0.05, 0.1) is 17.9 Å². The van der Waals surface area contributed by atoms with E-state index in [1.165, 1.54) is 22.9 Å². The van der Waals surface area contributed by atoms with E-state index in [4.69, 9.17) is 0 Å². The van der Waals surface area contributed by atoms with Crippen LogP contribution in [0.15, 0.2) is 59.8 Å². The van der Waals surface area contributed by atoms with E-state index < -0.39 is 17.8 Å². The van der Waals surface area contributed by atoms with Gasteiger partial charge in [-0.3, -0.25) is 9.55 Å². The molecule has 1 atom stereocenters.